The van der Waals surface area contributed by atoms with Crippen LogP contribution < -0.4 is 5.32 Å². The summed E-state index contributed by atoms with van der Waals surface area (Å²) in [6, 6.07) is 5.32. The van der Waals surface area contributed by atoms with Crippen LogP contribution in [0.15, 0.2) is 24.3 Å². The van der Waals surface area contributed by atoms with Gasteiger partial charge in [0.15, 0.2) is 6.61 Å². The van der Waals surface area contributed by atoms with E-state index in [1.807, 2.05) is 20.8 Å². The van der Waals surface area contributed by atoms with Gasteiger partial charge >= 0.3 is 5.97 Å². The maximum absolute atomic E-state index is 13.0. The van der Waals surface area contributed by atoms with E-state index in [0.29, 0.717) is 24.9 Å². The summed E-state index contributed by atoms with van der Waals surface area (Å²) in [5, 5.41) is 2.72. The molecule has 1 aliphatic rings. The maximum atomic E-state index is 13.0. The van der Waals surface area contributed by atoms with E-state index in [2.05, 4.69) is 5.32 Å². The Kier molecular flexibility index (Phi) is 6.34. The average Bonchev–Trinajstić information content (AvgIpc) is 2.58. The van der Waals surface area contributed by atoms with Gasteiger partial charge in [0.1, 0.15) is 5.82 Å². The zero-order valence-electron chi connectivity index (χ0n) is 15.4. The largest absolute Gasteiger partial charge is 0.455 e. The van der Waals surface area contributed by atoms with Gasteiger partial charge in [-0.25, -0.2) is 4.39 Å². The molecule has 1 aromatic carbocycles. The SMILES string of the molecule is CC(C)(C)NC(=O)COC(=O)C1CCCN(C(=O)c2ccc(F)cc2)C1. The molecule has 2 amide bonds. The molecule has 0 bridgehead atoms. The van der Waals surface area contributed by atoms with Crippen molar-refractivity contribution in [2.75, 3.05) is 19.7 Å². The number of nitrogens with zero attached hydrogens (tertiary/aromatic N) is 1. The Morgan fingerprint density at radius 1 is 1.23 bits per heavy atom. The Labute approximate surface area is 152 Å². The Bertz CT molecular complexity index is 667. The van der Waals surface area contributed by atoms with Crippen LogP contribution in [0.2, 0.25) is 0 Å². The predicted octanol–water partition coefficient (Wildman–Crippen LogP) is 2.14. The molecule has 142 valence electrons. The van der Waals surface area contributed by atoms with Gasteiger partial charge in [0.2, 0.25) is 0 Å². The van der Waals surface area contributed by atoms with Crippen molar-refractivity contribution in [3.8, 4) is 0 Å². The second-order valence-electron chi connectivity index (χ2n) is 7.50. The van der Waals surface area contributed by atoms with Gasteiger partial charge in [-0.2, -0.15) is 0 Å². The van der Waals surface area contributed by atoms with E-state index in [1.165, 1.54) is 24.3 Å². The zero-order valence-corrected chi connectivity index (χ0v) is 15.4. The third-order valence-electron chi connectivity index (χ3n) is 3.99. The Hall–Kier alpha value is -2.44. The first-order valence-electron chi connectivity index (χ1n) is 8.68. The maximum Gasteiger partial charge on any atom is 0.311 e. The Balaban J connectivity index is 1.88. The number of hydrogen-bond acceptors (Lipinski definition) is 4. The Morgan fingerprint density at radius 2 is 1.88 bits per heavy atom. The van der Waals surface area contributed by atoms with Crippen LogP contribution in [0.5, 0.6) is 0 Å². The molecule has 0 aliphatic carbocycles. The van der Waals surface area contributed by atoms with Gasteiger partial charge in [-0.3, -0.25) is 14.4 Å². The quantitative estimate of drug-likeness (QED) is 0.831. The lowest BCUT2D eigenvalue weighted by Gasteiger charge is -2.31. The summed E-state index contributed by atoms with van der Waals surface area (Å²) >= 11 is 0. The lowest BCUT2D eigenvalue weighted by molar-refractivity contribution is -0.154. The van der Waals surface area contributed by atoms with Gasteiger partial charge in [0.25, 0.3) is 11.8 Å². The number of nitrogens with one attached hydrogen (secondary N) is 1. The van der Waals surface area contributed by atoms with Crippen molar-refractivity contribution in [2.45, 2.75) is 39.2 Å². The number of carbonyl (C=O) groups is 3. The van der Waals surface area contributed by atoms with E-state index in [4.69, 9.17) is 4.74 Å². The summed E-state index contributed by atoms with van der Waals surface area (Å²) < 4.78 is 18.1. The molecule has 1 atom stereocenters. The van der Waals surface area contributed by atoms with Gasteiger partial charge in [0.05, 0.1) is 5.92 Å². The molecule has 0 aromatic heterocycles. The van der Waals surface area contributed by atoms with Crippen molar-refractivity contribution in [1.82, 2.24) is 10.2 Å². The molecule has 1 N–H and O–H groups in total. The lowest BCUT2D eigenvalue weighted by atomic mass is 9.97. The van der Waals surface area contributed by atoms with Crippen LogP contribution in [0.3, 0.4) is 0 Å². The number of carbonyl (C=O) groups excluding carboxylic acids is 3. The molecular weight excluding hydrogens is 339 g/mol. The molecule has 0 spiro atoms. The van der Waals surface area contributed by atoms with Gasteiger partial charge in [-0.05, 0) is 57.9 Å². The van der Waals surface area contributed by atoms with E-state index in [9.17, 15) is 18.8 Å². The molecule has 0 saturated carbocycles. The minimum atomic E-state index is -0.481. The first kappa shape index (κ1) is 19.9. The second-order valence-corrected chi connectivity index (χ2v) is 7.50. The third kappa shape index (κ3) is 5.82. The van der Waals surface area contributed by atoms with Gasteiger partial charge in [0, 0.05) is 24.2 Å². The normalized spacial score (nSPS) is 17.5. The first-order chi connectivity index (χ1) is 12.2. The molecule has 1 aliphatic heterocycles. The molecular formula is C19H25FN2O4. The molecule has 1 saturated heterocycles. The smallest absolute Gasteiger partial charge is 0.311 e. The van der Waals surface area contributed by atoms with E-state index in [-0.39, 0.29) is 25.0 Å². The van der Waals surface area contributed by atoms with Crippen LogP contribution in [0.1, 0.15) is 44.0 Å². The van der Waals surface area contributed by atoms with E-state index < -0.39 is 23.2 Å². The second kappa shape index (κ2) is 8.29. The third-order valence-corrected chi connectivity index (χ3v) is 3.99. The molecule has 1 heterocycles. The topological polar surface area (TPSA) is 75.7 Å². The summed E-state index contributed by atoms with van der Waals surface area (Å²) in [6.07, 6.45) is 1.27. The summed E-state index contributed by atoms with van der Waals surface area (Å²) in [6.45, 7) is 5.95. The van der Waals surface area contributed by atoms with Crippen LogP contribution in [-0.4, -0.2) is 47.9 Å². The summed E-state index contributed by atoms with van der Waals surface area (Å²) in [5.41, 5.74) is -0.0165. The molecule has 26 heavy (non-hydrogen) atoms. The number of piperidine rings is 1. The molecule has 7 heteroatoms. The fourth-order valence-corrected chi connectivity index (χ4v) is 2.84. The number of halogens is 1. The number of likely N-dealkylation sites (tertiary alicyclic amines) is 1. The van der Waals surface area contributed by atoms with Crippen LogP contribution in [-0.2, 0) is 14.3 Å². The van der Waals surface area contributed by atoms with E-state index >= 15 is 0 Å². The number of rotatable bonds is 4. The number of hydrogen-bond donors (Lipinski definition) is 1. The minimum absolute atomic E-state index is 0.232. The highest BCUT2D eigenvalue weighted by atomic mass is 19.1. The molecule has 1 aromatic rings. The van der Waals surface area contributed by atoms with Crippen LogP contribution in [0.25, 0.3) is 0 Å². The van der Waals surface area contributed by atoms with Crippen molar-refractivity contribution in [3.63, 3.8) is 0 Å². The number of amides is 2. The van der Waals surface area contributed by atoms with Gasteiger partial charge in [-0.1, -0.05) is 0 Å². The Morgan fingerprint density at radius 3 is 2.50 bits per heavy atom. The summed E-state index contributed by atoms with van der Waals surface area (Å²) in [4.78, 5) is 38.0. The summed E-state index contributed by atoms with van der Waals surface area (Å²) in [7, 11) is 0. The number of benzene rings is 1. The van der Waals surface area contributed by atoms with Crippen molar-refractivity contribution >= 4 is 17.8 Å². The molecule has 6 nitrogen and oxygen atoms in total. The minimum Gasteiger partial charge on any atom is -0.455 e. The van der Waals surface area contributed by atoms with Crippen molar-refractivity contribution in [3.05, 3.63) is 35.6 Å². The average molecular weight is 364 g/mol. The van der Waals surface area contributed by atoms with Gasteiger partial charge in [-0.15, -0.1) is 0 Å². The van der Waals surface area contributed by atoms with Crippen molar-refractivity contribution in [1.29, 1.82) is 0 Å². The van der Waals surface area contributed by atoms with E-state index in [1.54, 1.807) is 4.90 Å². The van der Waals surface area contributed by atoms with Crippen molar-refractivity contribution in [2.24, 2.45) is 5.92 Å². The first-order valence-corrected chi connectivity index (χ1v) is 8.68. The monoisotopic (exact) mass is 364 g/mol. The number of esters is 1. The molecule has 1 unspecified atom stereocenters. The highest BCUT2D eigenvalue weighted by molar-refractivity contribution is 5.94. The zero-order chi connectivity index (χ0) is 19.3. The molecule has 2 rings (SSSR count). The highest BCUT2D eigenvalue weighted by Gasteiger charge is 2.30. The molecule has 1 fully saturated rings. The van der Waals surface area contributed by atoms with Crippen LogP contribution >= 0.6 is 0 Å². The number of ether oxygens (including phenoxy) is 1. The highest BCUT2D eigenvalue weighted by Crippen LogP contribution is 2.20. The van der Waals surface area contributed by atoms with Crippen LogP contribution in [0, 0.1) is 11.7 Å². The van der Waals surface area contributed by atoms with Crippen LogP contribution in [0.4, 0.5) is 4.39 Å². The fourth-order valence-electron chi connectivity index (χ4n) is 2.84. The lowest BCUT2D eigenvalue weighted by Crippen LogP contribution is -2.45. The predicted molar refractivity (Wildman–Crippen MR) is 93.9 cm³/mol. The summed E-state index contributed by atoms with van der Waals surface area (Å²) in [5.74, 6) is -1.95. The standard InChI is InChI=1S/C19H25FN2O4/c1-19(2,3)21-16(23)12-26-18(25)14-5-4-10-22(11-14)17(24)13-6-8-15(20)9-7-13/h6-9,14H,4-5,10-12H2,1-3H3,(H,21,23). The van der Waals surface area contributed by atoms with E-state index in [0.717, 1.165) is 0 Å². The fraction of sp³-hybridized carbons (Fsp3) is 0.526. The van der Waals surface area contributed by atoms with Gasteiger partial charge < -0.3 is 15.0 Å². The van der Waals surface area contributed by atoms with Crippen molar-refractivity contribution < 1.29 is 23.5 Å². The molecule has 0 radical (unpaired) electrons.